The van der Waals surface area contributed by atoms with Crippen molar-refractivity contribution in [2.45, 2.75) is 13.0 Å². The van der Waals surface area contributed by atoms with E-state index >= 15 is 0 Å². The number of hydrogen-bond acceptors (Lipinski definition) is 2. The van der Waals surface area contributed by atoms with Gasteiger partial charge in [-0.15, -0.1) is 0 Å². The molecule has 1 atom stereocenters. The molecule has 4 nitrogen and oxygen atoms in total. The van der Waals surface area contributed by atoms with Crippen LogP contribution in [0, 0.1) is 0 Å². The Labute approximate surface area is 108 Å². The summed E-state index contributed by atoms with van der Waals surface area (Å²) < 4.78 is 2.70. The first kappa shape index (κ1) is 11.9. The zero-order chi connectivity index (χ0) is 12.4. The molecule has 0 bridgehead atoms. The minimum Gasteiger partial charge on any atom is -0.368 e. The number of hydrogen-bond donors (Lipinski definition) is 1. The van der Waals surface area contributed by atoms with Crippen molar-refractivity contribution < 1.29 is 4.79 Å². The second kappa shape index (κ2) is 4.71. The lowest BCUT2D eigenvalue weighted by Crippen LogP contribution is -2.24. The van der Waals surface area contributed by atoms with Crippen LogP contribution in [0.5, 0.6) is 0 Å². The standard InChI is InChI=1S/C12H12BrN3O/c1-8(11(14)17)16-7-6-15-12(16)9-4-2-3-5-10(9)13/h2-8H,1H3,(H2,14,17). The molecule has 2 rings (SSSR count). The van der Waals surface area contributed by atoms with Gasteiger partial charge in [0.2, 0.25) is 5.91 Å². The van der Waals surface area contributed by atoms with Gasteiger partial charge in [-0.3, -0.25) is 4.79 Å². The molecule has 2 N–H and O–H groups in total. The Morgan fingerprint density at radius 3 is 2.82 bits per heavy atom. The number of rotatable bonds is 3. The fourth-order valence-electron chi connectivity index (χ4n) is 1.61. The SMILES string of the molecule is CC(C(N)=O)n1ccnc1-c1ccccc1Br. The highest BCUT2D eigenvalue weighted by atomic mass is 79.9. The van der Waals surface area contributed by atoms with Crippen LogP contribution in [0.2, 0.25) is 0 Å². The highest BCUT2D eigenvalue weighted by molar-refractivity contribution is 9.10. The van der Waals surface area contributed by atoms with Crippen LogP contribution in [0.4, 0.5) is 0 Å². The molecule has 0 radical (unpaired) electrons. The average Bonchev–Trinajstić information content (AvgIpc) is 2.77. The molecule has 1 aromatic carbocycles. The van der Waals surface area contributed by atoms with E-state index in [2.05, 4.69) is 20.9 Å². The second-order valence-electron chi connectivity index (χ2n) is 3.72. The van der Waals surface area contributed by atoms with Gasteiger partial charge in [-0.05, 0) is 13.0 Å². The van der Waals surface area contributed by atoms with E-state index in [0.717, 1.165) is 15.9 Å². The van der Waals surface area contributed by atoms with Gasteiger partial charge >= 0.3 is 0 Å². The second-order valence-corrected chi connectivity index (χ2v) is 4.57. The number of aromatic nitrogens is 2. The fraction of sp³-hybridized carbons (Fsp3) is 0.167. The van der Waals surface area contributed by atoms with Gasteiger partial charge in [0.05, 0.1) is 0 Å². The van der Waals surface area contributed by atoms with Crippen molar-refractivity contribution in [3.05, 3.63) is 41.1 Å². The molecule has 0 saturated heterocycles. The molecule has 5 heteroatoms. The van der Waals surface area contributed by atoms with Crippen LogP contribution in [0.3, 0.4) is 0 Å². The quantitative estimate of drug-likeness (QED) is 0.944. The molecule has 0 aliphatic rings. The van der Waals surface area contributed by atoms with Crippen molar-refractivity contribution in [1.29, 1.82) is 0 Å². The highest BCUT2D eigenvalue weighted by Crippen LogP contribution is 2.28. The highest BCUT2D eigenvalue weighted by Gasteiger charge is 2.16. The number of imidazole rings is 1. The summed E-state index contributed by atoms with van der Waals surface area (Å²) in [6.45, 7) is 1.75. The Morgan fingerprint density at radius 2 is 2.18 bits per heavy atom. The first-order valence-electron chi connectivity index (χ1n) is 5.18. The molecule has 0 fully saturated rings. The number of carbonyl (C=O) groups excluding carboxylic acids is 1. The van der Waals surface area contributed by atoms with Gasteiger partial charge in [-0.2, -0.15) is 0 Å². The van der Waals surface area contributed by atoms with E-state index in [1.54, 1.807) is 23.9 Å². The minimum atomic E-state index is -0.417. The number of benzene rings is 1. The van der Waals surface area contributed by atoms with Crippen LogP contribution in [-0.4, -0.2) is 15.5 Å². The molecule has 0 spiro atoms. The molecule has 0 aliphatic carbocycles. The summed E-state index contributed by atoms with van der Waals surface area (Å²) in [4.78, 5) is 15.5. The first-order chi connectivity index (χ1) is 8.11. The van der Waals surface area contributed by atoms with Crippen molar-refractivity contribution in [1.82, 2.24) is 9.55 Å². The Bertz CT molecular complexity index is 550. The summed E-state index contributed by atoms with van der Waals surface area (Å²) in [5.41, 5.74) is 6.25. The van der Waals surface area contributed by atoms with Crippen LogP contribution in [0.25, 0.3) is 11.4 Å². The number of nitrogens with two attached hydrogens (primary N) is 1. The first-order valence-corrected chi connectivity index (χ1v) is 5.97. The van der Waals surface area contributed by atoms with E-state index in [1.165, 1.54) is 0 Å². The Morgan fingerprint density at radius 1 is 1.47 bits per heavy atom. The summed E-state index contributed by atoms with van der Waals surface area (Å²) in [6.07, 6.45) is 3.42. The lowest BCUT2D eigenvalue weighted by Gasteiger charge is -2.13. The van der Waals surface area contributed by atoms with Crippen LogP contribution in [-0.2, 0) is 4.79 Å². The molecule has 1 aromatic heterocycles. The maximum Gasteiger partial charge on any atom is 0.240 e. The molecule has 17 heavy (non-hydrogen) atoms. The lowest BCUT2D eigenvalue weighted by molar-refractivity contribution is -0.120. The minimum absolute atomic E-state index is 0.378. The van der Waals surface area contributed by atoms with Gasteiger partial charge in [-0.1, -0.05) is 34.1 Å². The third-order valence-corrected chi connectivity index (χ3v) is 3.30. The monoisotopic (exact) mass is 293 g/mol. The average molecular weight is 294 g/mol. The summed E-state index contributed by atoms with van der Waals surface area (Å²) in [7, 11) is 0. The predicted molar refractivity (Wildman–Crippen MR) is 69.3 cm³/mol. The van der Waals surface area contributed by atoms with Crippen LogP contribution in [0.1, 0.15) is 13.0 Å². The molecule has 1 amide bonds. The van der Waals surface area contributed by atoms with Crippen molar-refractivity contribution in [2.24, 2.45) is 5.73 Å². The van der Waals surface area contributed by atoms with E-state index in [-0.39, 0.29) is 5.91 Å². The van der Waals surface area contributed by atoms with Crippen LogP contribution in [0.15, 0.2) is 41.1 Å². The van der Waals surface area contributed by atoms with Crippen molar-refractivity contribution in [3.8, 4) is 11.4 Å². The Balaban J connectivity index is 2.51. The molecule has 0 saturated carbocycles. The predicted octanol–water partition coefficient (Wildman–Crippen LogP) is 2.36. The molecule has 0 aliphatic heterocycles. The normalized spacial score (nSPS) is 12.4. The number of halogens is 1. The van der Waals surface area contributed by atoms with Gasteiger partial charge in [0.1, 0.15) is 11.9 Å². The number of amides is 1. The summed E-state index contributed by atoms with van der Waals surface area (Å²) in [6, 6.07) is 7.31. The molecule has 1 unspecified atom stereocenters. The summed E-state index contributed by atoms with van der Waals surface area (Å²) >= 11 is 3.47. The Kier molecular flexibility index (Phi) is 3.28. The van der Waals surface area contributed by atoms with Crippen molar-refractivity contribution in [3.63, 3.8) is 0 Å². The molecule has 1 heterocycles. The maximum absolute atomic E-state index is 11.2. The summed E-state index contributed by atoms with van der Waals surface area (Å²) in [5.74, 6) is 0.347. The van der Waals surface area contributed by atoms with Gasteiger partial charge in [0.25, 0.3) is 0 Å². The van der Waals surface area contributed by atoms with Crippen LogP contribution >= 0.6 is 15.9 Å². The zero-order valence-electron chi connectivity index (χ0n) is 9.30. The zero-order valence-corrected chi connectivity index (χ0v) is 10.9. The van der Waals surface area contributed by atoms with E-state index < -0.39 is 6.04 Å². The number of primary amides is 1. The van der Waals surface area contributed by atoms with Crippen molar-refractivity contribution >= 4 is 21.8 Å². The lowest BCUT2D eigenvalue weighted by atomic mass is 10.2. The summed E-state index contributed by atoms with van der Waals surface area (Å²) in [5, 5.41) is 0. The van der Waals surface area contributed by atoms with Crippen molar-refractivity contribution in [2.75, 3.05) is 0 Å². The van der Waals surface area contributed by atoms with E-state index in [9.17, 15) is 4.79 Å². The smallest absolute Gasteiger partial charge is 0.240 e. The van der Waals surface area contributed by atoms with Gasteiger partial charge in [0.15, 0.2) is 0 Å². The van der Waals surface area contributed by atoms with Gasteiger partial charge in [0, 0.05) is 22.4 Å². The van der Waals surface area contributed by atoms with Crippen LogP contribution < -0.4 is 5.73 Å². The molecular formula is C12H12BrN3O. The van der Waals surface area contributed by atoms with Gasteiger partial charge < -0.3 is 10.3 Å². The third-order valence-electron chi connectivity index (χ3n) is 2.61. The number of carbonyl (C=O) groups is 1. The fourth-order valence-corrected chi connectivity index (χ4v) is 2.08. The number of nitrogens with zero attached hydrogens (tertiary/aromatic N) is 2. The third kappa shape index (κ3) is 2.24. The molecule has 88 valence electrons. The van der Waals surface area contributed by atoms with E-state index in [1.807, 2.05) is 24.3 Å². The van der Waals surface area contributed by atoms with E-state index in [0.29, 0.717) is 0 Å². The van der Waals surface area contributed by atoms with E-state index in [4.69, 9.17) is 5.73 Å². The van der Waals surface area contributed by atoms with Gasteiger partial charge in [-0.25, -0.2) is 4.98 Å². The molecule has 2 aromatic rings. The topological polar surface area (TPSA) is 60.9 Å². The maximum atomic E-state index is 11.2. The molecular weight excluding hydrogens is 282 g/mol. The largest absolute Gasteiger partial charge is 0.368 e. The Hall–Kier alpha value is -1.62.